The molecule has 2 unspecified atom stereocenters. The van der Waals surface area contributed by atoms with E-state index in [0.29, 0.717) is 6.04 Å². The second-order valence-corrected chi connectivity index (χ2v) is 6.03. The molecule has 1 fully saturated rings. The minimum absolute atomic E-state index is 0.260. The van der Waals surface area contributed by atoms with E-state index in [1.165, 1.54) is 18.4 Å². The van der Waals surface area contributed by atoms with Crippen molar-refractivity contribution >= 4 is 0 Å². The molecule has 18 heavy (non-hydrogen) atoms. The average molecular weight is 247 g/mol. The van der Waals surface area contributed by atoms with Gasteiger partial charge in [-0.25, -0.2) is 0 Å². The summed E-state index contributed by atoms with van der Waals surface area (Å²) in [6, 6.07) is 9.18. The molecule has 0 aromatic heterocycles. The first kappa shape index (κ1) is 13.4. The summed E-state index contributed by atoms with van der Waals surface area (Å²) < 4.78 is 5.24. The van der Waals surface area contributed by atoms with Gasteiger partial charge in [-0.15, -0.1) is 0 Å². The lowest BCUT2D eigenvalue weighted by Gasteiger charge is -2.33. The standard InChI is InChI=1S/C16H25NO/c1-12(2)11-15-16(3,9-10-17-15)13-5-7-14(18-4)8-6-13/h5-8,12,15,17H,9-11H2,1-4H3. The van der Waals surface area contributed by atoms with Crippen molar-refractivity contribution in [2.75, 3.05) is 13.7 Å². The summed E-state index contributed by atoms with van der Waals surface area (Å²) in [6.07, 6.45) is 2.46. The van der Waals surface area contributed by atoms with Gasteiger partial charge in [0.25, 0.3) is 0 Å². The molecule has 0 saturated carbocycles. The zero-order valence-electron chi connectivity index (χ0n) is 12.0. The Balaban J connectivity index is 2.22. The van der Waals surface area contributed by atoms with E-state index in [1.807, 2.05) is 0 Å². The Morgan fingerprint density at radius 2 is 2.00 bits per heavy atom. The van der Waals surface area contributed by atoms with E-state index in [1.54, 1.807) is 7.11 Å². The quantitative estimate of drug-likeness (QED) is 0.881. The monoisotopic (exact) mass is 247 g/mol. The maximum absolute atomic E-state index is 5.24. The van der Waals surface area contributed by atoms with E-state index < -0.39 is 0 Å². The van der Waals surface area contributed by atoms with Crippen molar-refractivity contribution < 1.29 is 4.74 Å². The summed E-state index contributed by atoms with van der Waals surface area (Å²) in [5.74, 6) is 1.67. The fourth-order valence-corrected chi connectivity index (χ4v) is 3.04. The van der Waals surface area contributed by atoms with E-state index in [9.17, 15) is 0 Å². The van der Waals surface area contributed by atoms with Gasteiger partial charge >= 0.3 is 0 Å². The first-order valence-electron chi connectivity index (χ1n) is 6.94. The minimum atomic E-state index is 0.260. The molecule has 2 rings (SSSR count). The molecular weight excluding hydrogens is 222 g/mol. The van der Waals surface area contributed by atoms with Crippen LogP contribution in [0, 0.1) is 5.92 Å². The highest BCUT2D eigenvalue weighted by atomic mass is 16.5. The van der Waals surface area contributed by atoms with Crippen molar-refractivity contribution in [2.45, 2.75) is 45.1 Å². The molecule has 0 radical (unpaired) electrons. The van der Waals surface area contributed by atoms with Crippen LogP contribution in [0.2, 0.25) is 0 Å². The van der Waals surface area contributed by atoms with Gasteiger partial charge in [0.05, 0.1) is 7.11 Å². The Kier molecular flexibility index (Phi) is 3.96. The van der Waals surface area contributed by atoms with Crippen LogP contribution in [-0.2, 0) is 5.41 Å². The lowest BCUT2D eigenvalue weighted by molar-refractivity contribution is 0.344. The van der Waals surface area contributed by atoms with Crippen molar-refractivity contribution in [1.29, 1.82) is 0 Å². The van der Waals surface area contributed by atoms with Crippen LogP contribution in [0.1, 0.15) is 39.2 Å². The number of hydrogen-bond donors (Lipinski definition) is 1. The van der Waals surface area contributed by atoms with E-state index in [4.69, 9.17) is 4.74 Å². The minimum Gasteiger partial charge on any atom is -0.497 e. The highest BCUT2D eigenvalue weighted by Gasteiger charge is 2.39. The third-order valence-electron chi connectivity index (χ3n) is 4.26. The number of methoxy groups -OCH3 is 1. The van der Waals surface area contributed by atoms with Crippen molar-refractivity contribution in [3.8, 4) is 5.75 Å². The molecule has 0 amide bonds. The van der Waals surface area contributed by atoms with E-state index in [0.717, 1.165) is 18.2 Å². The van der Waals surface area contributed by atoms with Crippen molar-refractivity contribution in [3.05, 3.63) is 29.8 Å². The molecule has 100 valence electrons. The molecule has 0 aliphatic carbocycles. The zero-order valence-corrected chi connectivity index (χ0v) is 12.0. The number of rotatable bonds is 4. The van der Waals surface area contributed by atoms with Crippen molar-refractivity contribution in [2.24, 2.45) is 5.92 Å². The third kappa shape index (κ3) is 2.54. The number of benzene rings is 1. The highest BCUT2D eigenvalue weighted by Crippen LogP contribution is 2.38. The summed E-state index contributed by atoms with van der Waals surface area (Å²) in [5.41, 5.74) is 1.69. The molecule has 1 aliphatic heterocycles. The summed E-state index contributed by atoms with van der Waals surface area (Å²) in [4.78, 5) is 0. The topological polar surface area (TPSA) is 21.3 Å². The molecule has 0 bridgehead atoms. The smallest absolute Gasteiger partial charge is 0.118 e. The Bertz CT molecular complexity index is 385. The summed E-state index contributed by atoms with van der Waals surface area (Å²) in [5, 5.41) is 3.67. The Hall–Kier alpha value is -1.02. The van der Waals surface area contributed by atoms with Gasteiger partial charge in [-0.2, -0.15) is 0 Å². The molecule has 2 nitrogen and oxygen atoms in total. The van der Waals surface area contributed by atoms with E-state index in [2.05, 4.69) is 50.4 Å². The van der Waals surface area contributed by atoms with Gasteiger partial charge in [-0.1, -0.05) is 32.9 Å². The predicted octanol–water partition coefficient (Wildman–Crippen LogP) is 3.36. The fraction of sp³-hybridized carbons (Fsp3) is 0.625. The van der Waals surface area contributed by atoms with Crippen LogP contribution in [0.4, 0.5) is 0 Å². The molecule has 2 atom stereocenters. The third-order valence-corrected chi connectivity index (χ3v) is 4.26. The lowest BCUT2D eigenvalue weighted by Crippen LogP contribution is -2.38. The van der Waals surface area contributed by atoms with Crippen LogP contribution < -0.4 is 10.1 Å². The first-order chi connectivity index (χ1) is 8.56. The molecular formula is C16H25NO. The fourth-order valence-electron chi connectivity index (χ4n) is 3.04. The Labute approximate surface area is 111 Å². The number of ether oxygens (including phenoxy) is 1. The molecule has 1 N–H and O–H groups in total. The van der Waals surface area contributed by atoms with E-state index >= 15 is 0 Å². The summed E-state index contributed by atoms with van der Waals surface area (Å²) in [7, 11) is 1.72. The van der Waals surface area contributed by atoms with Gasteiger partial charge in [0.15, 0.2) is 0 Å². The van der Waals surface area contributed by atoms with Gasteiger partial charge in [0.1, 0.15) is 5.75 Å². The lowest BCUT2D eigenvalue weighted by atomic mass is 9.74. The maximum atomic E-state index is 5.24. The molecule has 1 aromatic carbocycles. The summed E-state index contributed by atoms with van der Waals surface area (Å²) >= 11 is 0. The molecule has 1 aromatic rings. The zero-order chi connectivity index (χ0) is 13.2. The average Bonchev–Trinajstić information content (AvgIpc) is 2.72. The summed E-state index contributed by atoms with van der Waals surface area (Å²) in [6.45, 7) is 8.12. The largest absolute Gasteiger partial charge is 0.497 e. The van der Waals surface area contributed by atoms with Crippen LogP contribution in [0.5, 0.6) is 5.75 Å². The van der Waals surface area contributed by atoms with Gasteiger partial charge in [-0.05, 0) is 43.0 Å². The maximum Gasteiger partial charge on any atom is 0.118 e. The number of nitrogens with one attached hydrogen (secondary N) is 1. The van der Waals surface area contributed by atoms with Crippen molar-refractivity contribution in [3.63, 3.8) is 0 Å². The molecule has 0 spiro atoms. The molecule has 1 heterocycles. The molecule has 2 heteroatoms. The molecule has 1 saturated heterocycles. The predicted molar refractivity (Wildman–Crippen MR) is 76.2 cm³/mol. The van der Waals surface area contributed by atoms with Gasteiger partial charge in [0.2, 0.25) is 0 Å². The normalized spacial score (nSPS) is 27.7. The van der Waals surface area contributed by atoms with Crippen LogP contribution in [0.15, 0.2) is 24.3 Å². The molecule has 1 aliphatic rings. The van der Waals surface area contributed by atoms with Gasteiger partial charge in [-0.3, -0.25) is 0 Å². The van der Waals surface area contributed by atoms with Gasteiger partial charge in [0, 0.05) is 11.5 Å². The van der Waals surface area contributed by atoms with Crippen LogP contribution >= 0.6 is 0 Å². The van der Waals surface area contributed by atoms with Crippen LogP contribution in [-0.4, -0.2) is 19.7 Å². The second-order valence-electron chi connectivity index (χ2n) is 6.03. The van der Waals surface area contributed by atoms with E-state index in [-0.39, 0.29) is 5.41 Å². The number of hydrogen-bond acceptors (Lipinski definition) is 2. The first-order valence-corrected chi connectivity index (χ1v) is 6.94. The van der Waals surface area contributed by atoms with Crippen LogP contribution in [0.3, 0.4) is 0 Å². The van der Waals surface area contributed by atoms with Crippen molar-refractivity contribution in [1.82, 2.24) is 5.32 Å². The Morgan fingerprint density at radius 3 is 2.56 bits per heavy atom. The second kappa shape index (κ2) is 5.31. The highest BCUT2D eigenvalue weighted by molar-refractivity contribution is 5.34. The van der Waals surface area contributed by atoms with Crippen LogP contribution in [0.25, 0.3) is 0 Å². The SMILES string of the molecule is COc1ccc(C2(C)CCNC2CC(C)C)cc1. The Morgan fingerprint density at radius 1 is 1.33 bits per heavy atom. The van der Waals surface area contributed by atoms with Gasteiger partial charge < -0.3 is 10.1 Å².